The van der Waals surface area contributed by atoms with Crippen LogP contribution in [0.4, 0.5) is 5.82 Å². The fraction of sp³-hybridized carbons (Fsp3) is 0.190. The number of fused-ring (bicyclic) bond motifs is 1. The van der Waals surface area contributed by atoms with Crippen molar-refractivity contribution in [3.8, 4) is 11.5 Å². The maximum absolute atomic E-state index is 6.18. The summed E-state index contributed by atoms with van der Waals surface area (Å²) in [6.45, 7) is 1.23. The fourth-order valence-corrected chi connectivity index (χ4v) is 3.27. The summed E-state index contributed by atoms with van der Waals surface area (Å²) in [6, 6.07) is 15.9. The average molecular weight is 410 g/mol. The van der Waals surface area contributed by atoms with E-state index in [0.717, 1.165) is 22.6 Å². The SMILES string of the molecule is COc1ccc(CN(Cc2ccc(OC)cc2)c2nc(Cl)nn3ccnc23)cc1. The lowest BCUT2D eigenvalue weighted by atomic mass is 10.1. The molecular formula is C21H20ClN5O2. The van der Waals surface area contributed by atoms with Crippen molar-refractivity contribution in [3.05, 3.63) is 77.3 Å². The van der Waals surface area contributed by atoms with E-state index in [1.54, 1.807) is 31.1 Å². The number of hydrogen-bond acceptors (Lipinski definition) is 6. The molecule has 0 atom stereocenters. The van der Waals surface area contributed by atoms with E-state index in [9.17, 15) is 0 Å². The molecule has 29 heavy (non-hydrogen) atoms. The molecule has 0 saturated carbocycles. The van der Waals surface area contributed by atoms with Gasteiger partial charge < -0.3 is 14.4 Å². The number of imidazole rings is 1. The highest BCUT2D eigenvalue weighted by Crippen LogP contribution is 2.25. The summed E-state index contributed by atoms with van der Waals surface area (Å²) < 4.78 is 12.2. The van der Waals surface area contributed by atoms with Crippen LogP contribution in [0.3, 0.4) is 0 Å². The van der Waals surface area contributed by atoms with Crippen molar-refractivity contribution in [2.75, 3.05) is 19.1 Å². The molecule has 0 N–H and O–H groups in total. The van der Waals surface area contributed by atoms with Gasteiger partial charge in [0, 0.05) is 25.5 Å². The quantitative estimate of drug-likeness (QED) is 0.459. The minimum Gasteiger partial charge on any atom is -0.497 e. The van der Waals surface area contributed by atoms with Crippen molar-refractivity contribution in [1.82, 2.24) is 19.6 Å². The molecule has 0 spiro atoms. The van der Waals surface area contributed by atoms with Crippen molar-refractivity contribution in [2.24, 2.45) is 0 Å². The second kappa shape index (κ2) is 8.36. The first-order valence-corrected chi connectivity index (χ1v) is 9.42. The molecule has 0 radical (unpaired) electrons. The Kier molecular flexibility index (Phi) is 5.48. The molecule has 0 aliphatic heterocycles. The highest BCUT2D eigenvalue weighted by molar-refractivity contribution is 6.28. The highest BCUT2D eigenvalue weighted by atomic mass is 35.5. The van der Waals surface area contributed by atoms with E-state index >= 15 is 0 Å². The molecular weight excluding hydrogens is 390 g/mol. The van der Waals surface area contributed by atoms with Crippen LogP contribution in [0.25, 0.3) is 5.65 Å². The van der Waals surface area contributed by atoms with Gasteiger partial charge in [0.05, 0.1) is 14.2 Å². The number of nitrogens with zero attached hydrogens (tertiary/aromatic N) is 5. The monoisotopic (exact) mass is 409 g/mol. The van der Waals surface area contributed by atoms with Crippen LogP contribution in [0.2, 0.25) is 5.28 Å². The molecule has 0 aliphatic carbocycles. The Morgan fingerprint density at radius 1 is 0.897 bits per heavy atom. The zero-order valence-corrected chi connectivity index (χ0v) is 16.9. The summed E-state index contributed by atoms with van der Waals surface area (Å²) in [5.41, 5.74) is 2.87. The van der Waals surface area contributed by atoms with Crippen LogP contribution in [-0.2, 0) is 13.1 Å². The van der Waals surface area contributed by atoms with Crippen LogP contribution in [-0.4, -0.2) is 33.8 Å². The molecule has 0 unspecified atom stereocenters. The lowest BCUT2D eigenvalue weighted by molar-refractivity contribution is 0.414. The fourth-order valence-electron chi connectivity index (χ4n) is 3.11. The summed E-state index contributed by atoms with van der Waals surface area (Å²) in [6.07, 6.45) is 3.44. The minimum absolute atomic E-state index is 0.167. The van der Waals surface area contributed by atoms with Gasteiger partial charge in [-0.3, -0.25) is 0 Å². The third-order valence-electron chi connectivity index (χ3n) is 4.57. The molecule has 0 aliphatic rings. The van der Waals surface area contributed by atoms with E-state index in [-0.39, 0.29) is 5.28 Å². The predicted molar refractivity (Wildman–Crippen MR) is 112 cm³/mol. The Labute approximate surface area is 173 Å². The second-order valence-corrected chi connectivity index (χ2v) is 6.79. The second-order valence-electron chi connectivity index (χ2n) is 6.45. The van der Waals surface area contributed by atoms with Crippen molar-refractivity contribution < 1.29 is 9.47 Å². The number of hydrogen-bond donors (Lipinski definition) is 0. The normalized spacial score (nSPS) is 10.9. The molecule has 4 aromatic rings. The Bertz CT molecular complexity index is 1050. The third-order valence-corrected chi connectivity index (χ3v) is 4.73. The van der Waals surface area contributed by atoms with Gasteiger partial charge in [0.15, 0.2) is 11.5 Å². The number of methoxy groups -OCH3 is 2. The lowest BCUT2D eigenvalue weighted by Crippen LogP contribution is -2.24. The number of aromatic nitrogens is 4. The van der Waals surface area contributed by atoms with E-state index in [4.69, 9.17) is 21.1 Å². The van der Waals surface area contributed by atoms with Gasteiger partial charge in [0.25, 0.3) is 0 Å². The Balaban J connectivity index is 1.71. The molecule has 0 amide bonds. The van der Waals surface area contributed by atoms with Crippen LogP contribution in [0.5, 0.6) is 11.5 Å². The molecule has 8 heteroatoms. The van der Waals surface area contributed by atoms with Crippen molar-refractivity contribution in [2.45, 2.75) is 13.1 Å². The number of benzene rings is 2. The van der Waals surface area contributed by atoms with E-state index in [1.807, 2.05) is 48.5 Å². The molecule has 0 bridgehead atoms. The van der Waals surface area contributed by atoms with Crippen LogP contribution in [0.15, 0.2) is 60.9 Å². The average Bonchev–Trinajstić information content (AvgIpc) is 3.22. The van der Waals surface area contributed by atoms with E-state index < -0.39 is 0 Å². The van der Waals surface area contributed by atoms with Gasteiger partial charge in [-0.1, -0.05) is 24.3 Å². The summed E-state index contributed by atoms with van der Waals surface area (Å²) in [7, 11) is 3.31. The van der Waals surface area contributed by atoms with E-state index in [1.165, 1.54) is 0 Å². The van der Waals surface area contributed by atoms with Gasteiger partial charge in [-0.25, -0.2) is 9.50 Å². The first-order chi connectivity index (χ1) is 14.2. The zero-order valence-electron chi connectivity index (χ0n) is 16.1. The molecule has 2 aromatic carbocycles. The van der Waals surface area contributed by atoms with Gasteiger partial charge >= 0.3 is 0 Å². The molecule has 2 aromatic heterocycles. The summed E-state index contributed by atoms with van der Waals surface area (Å²) in [4.78, 5) is 11.0. The van der Waals surface area contributed by atoms with E-state index in [2.05, 4.69) is 20.0 Å². The number of anilines is 1. The van der Waals surface area contributed by atoms with E-state index in [0.29, 0.717) is 24.6 Å². The zero-order chi connectivity index (χ0) is 20.2. The molecule has 148 valence electrons. The first-order valence-electron chi connectivity index (χ1n) is 9.04. The molecule has 0 saturated heterocycles. The molecule has 0 fully saturated rings. The first kappa shape index (κ1) is 19.0. The minimum atomic E-state index is 0.167. The summed E-state index contributed by atoms with van der Waals surface area (Å²) >= 11 is 6.18. The summed E-state index contributed by atoms with van der Waals surface area (Å²) in [5.74, 6) is 2.30. The van der Waals surface area contributed by atoms with Gasteiger partial charge in [-0.2, -0.15) is 4.98 Å². The number of rotatable bonds is 7. The number of halogens is 1. The Morgan fingerprint density at radius 3 is 1.97 bits per heavy atom. The lowest BCUT2D eigenvalue weighted by Gasteiger charge is -2.24. The molecule has 4 rings (SSSR count). The van der Waals surface area contributed by atoms with Gasteiger partial charge in [0.1, 0.15) is 11.5 Å². The number of ether oxygens (including phenoxy) is 2. The Hall–Kier alpha value is -3.32. The third kappa shape index (κ3) is 4.25. The maximum atomic E-state index is 6.18. The van der Waals surface area contributed by atoms with Crippen molar-refractivity contribution in [1.29, 1.82) is 0 Å². The van der Waals surface area contributed by atoms with Crippen molar-refractivity contribution in [3.63, 3.8) is 0 Å². The molecule has 2 heterocycles. The summed E-state index contributed by atoms with van der Waals surface area (Å²) in [5, 5.41) is 4.35. The van der Waals surface area contributed by atoms with Gasteiger partial charge in [-0.15, -0.1) is 5.10 Å². The van der Waals surface area contributed by atoms with Gasteiger partial charge in [0.2, 0.25) is 5.28 Å². The molecule has 7 nitrogen and oxygen atoms in total. The van der Waals surface area contributed by atoms with Crippen LogP contribution >= 0.6 is 11.6 Å². The van der Waals surface area contributed by atoms with Crippen LogP contribution < -0.4 is 14.4 Å². The van der Waals surface area contributed by atoms with Crippen LogP contribution in [0.1, 0.15) is 11.1 Å². The smallest absolute Gasteiger partial charge is 0.243 e. The highest BCUT2D eigenvalue weighted by Gasteiger charge is 2.17. The standard InChI is InChI=1S/C21H20ClN5O2/c1-28-17-7-3-15(4-8-17)13-26(14-16-5-9-18(29-2)10-6-16)20-19-23-11-12-27(19)25-21(22)24-20/h3-12H,13-14H2,1-2H3. The van der Waals surface area contributed by atoms with Crippen LogP contribution in [0, 0.1) is 0 Å². The largest absolute Gasteiger partial charge is 0.497 e. The Morgan fingerprint density at radius 2 is 1.45 bits per heavy atom. The van der Waals surface area contributed by atoms with Gasteiger partial charge in [-0.05, 0) is 47.0 Å². The predicted octanol–water partition coefficient (Wildman–Crippen LogP) is 4.00. The topological polar surface area (TPSA) is 64.8 Å². The van der Waals surface area contributed by atoms with Crippen molar-refractivity contribution >= 4 is 23.1 Å². The maximum Gasteiger partial charge on any atom is 0.243 e.